The highest BCUT2D eigenvalue weighted by Crippen LogP contribution is 2.18. The molecule has 2 aromatic carbocycles. The smallest absolute Gasteiger partial charge is 0.193 e. The second-order valence-corrected chi connectivity index (χ2v) is 5.90. The van der Waals surface area contributed by atoms with Crippen molar-refractivity contribution in [2.45, 2.75) is 32.8 Å². The van der Waals surface area contributed by atoms with E-state index in [0.29, 0.717) is 18.4 Å². The minimum absolute atomic E-state index is 0.0741. The van der Waals surface area contributed by atoms with Gasteiger partial charge in [0.2, 0.25) is 0 Å². The van der Waals surface area contributed by atoms with Gasteiger partial charge in [0.25, 0.3) is 0 Å². The van der Waals surface area contributed by atoms with Crippen LogP contribution in [-0.4, -0.2) is 17.6 Å². The minimum Gasteiger partial charge on any atom is -0.392 e. The average Bonchev–Trinajstić information content (AvgIpc) is 2.55. The lowest BCUT2D eigenvalue weighted by molar-refractivity contribution is 0.282. The molecule has 4 heteroatoms. The van der Waals surface area contributed by atoms with Crippen molar-refractivity contribution in [2.75, 3.05) is 11.9 Å². The maximum absolute atomic E-state index is 9.02. The summed E-state index contributed by atoms with van der Waals surface area (Å²) in [6, 6.07) is 16.1. The van der Waals surface area contributed by atoms with E-state index in [9.17, 15) is 0 Å². The van der Waals surface area contributed by atoms with E-state index < -0.39 is 0 Å². The van der Waals surface area contributed by atoms with Gasteiger partial charge in [0.05, 0.1) is 6.61 Å². The first kappa shape index (κ1) is 17.0. The number of rotatable bonds is 6. The van der Waals surface area contributed by atoms with Crippen molar-refractivity contribution in [3.8, 4) is 0 Å². The average molecular weight is 311 g/mol. The first-order valence-electron chi connectivity index (χ1n) is 7.94. The molecule has 0 aliphatic heterocycles. The van der Waals surface area contributed by atoms with E-state index in [1.165, 1.54) is 11.1 Å². The Morgan fingerprint density at radius 1 is 1.13 bits per heavy atom. The second-order valence-electron chi connectivity index (χ2n) is 5.90. The number of aliphatic hydroxyl groups excluding tert-OH is 1. The number of anilines is 1. The summed E-state index contributed by atoms with van der Waals surface area (Å²) >= 11 is 0. The van der Waals surface area contributed by atoms with Gasteiger partial charge in [0.15, 0.2) is 5.96 Å². The molecule has 0 spiro atoms. The minimum atomic E-state index is 0.0741. The van der Waals surface area contributed by atoms with Gasteiger partial charge in [-0.1, -0.05) is 50.2 Å². The van der Waals surface area contributed by atoms with E-state index >= 15 is 0 Å². The van der Waals surface area contributed by atoms with E-state index in [-0.39, 0.29) is 6.61 Å². The summed E-state index contributed by atoms with van der Waals surface area (Å²) in [6.45, 7) is 5.03. The van der Waals surface area contributed by atoms with E-state index in [4.69, 9.17) is 10.8 Å². The molecule has 4 nitrogen and oxygen atoms in total. The molecule has 0 heterocycles. The monoisotopic (exact) mass is 311 g/mol. The number of aliphatic imine (C=N–C) groups is 1. The number of hydrogen-bond donors (Lipinski definition) is 3. The van der Waals surface area contributed by atoms with Gasteiger partial charge in [-0.3, -0.25) is 4.99 Å². The highest BCUT2D eigenvalue weighted by molar-refractivity contribution is 5.92. The van der Waals surface area contributed by atoms with Gasteiger partial charge in [-0.2, -0.15) is 0 Å². The van der Waals surface area contributed by atoms with Crippen LogP contribution < -0.4 is 11.1 Å². The Morgan fingerprint density at radius 2 is 1.83 bits per heavy atom. The predicted molar refractivity (Wildman–Crippen MR) is 96.7 cm³/mol. The summed E-state index contributed by atoms with van der Waals surface area (Å²) in [5, 5.41) is 12.2. The number of benzene rings is 2. The van der Waals surface area contributed by atoms with Crippen LogP contribution in [0.15, 0.2) is 53.5 Å². The molecule has 0 saturated carbocycles. The fourth-order valence-corrected chi connectivity index (χ4v) is 2.28. The van der Waals surface area contributed by atoms with E-state index in [0.717, 1.165) is 17.7 Å². The van der Waals surface area contributed by atoms with E-state index in [1.807, 2.05) is 36.4 Å². The van der Waals surface area contributed by atoms with E-state index in [2.05, 4.69) is 36.3 Å². The van der Waals surface area contributed by atoms with Gasteiger partial charge in [-0.05, 0) is 41.2 Å². The lowest BCUT2D eigenvalue weighted by Crippen LogP contribution is -2.23. The van der Waals surface area contributed by atoms with Gasteiger partial charge in [0.1, 0.15) is 0 Å². The molecule has 4 N–H and O–H groups in total. The molecular weight excluding hydrogens is 286 g/mol. The van der Waals surface area contributed by atoms with Crippen molar-refractivity contribution in [2.24, 2.45) is 10.7 Å². The Kier molecular flexibility index (Phi) is 6.18. The zero-order valence-electron chi connectivity index (χ0n) is 13.8. The zero-order valence-corrected chi connectivity index (χ0v) is 13.8. The van der Waals surface area contributed by atoms with Crippen LogP contribution >= 0.6 is 0 Å². The van der Waals surface area contributed by atoms with Crippen LogP contribution in [-0.2, 0) is 13.0 Å². The Morgan fingerprint density at radius 3 is 2.48 bits per heavy atom. The van der Waals surface area contributed by atoms with Crippen molar-refractivity contribution in [3.63, 3.8) is 0 Å². The predicted octanol–water partition coefficient (Wildman–Crippen LogP) is 3.27. The third kappa shape index (κ3) is 5.42. The Labute approximate surface area is 138 Å². The molecule has 23 heavy (non-hydrogen) atoms. The molecule has 0 atom stereocenters. The standard InChI is InChI=1S/C19H25N3O/c1-14(2)17-4-3-5-18(12-17)22-19(20)21-11-10-15-6-8-16(13-23)9-7-15/h3-9,12,14,23H,10-11,13H2,1-2H3,(H3,20,21,22). The van der Waals surface area contributed by atoms with Crippen LogP contribution in [0.4, 0.5) is 5.69 Å². The van der Waals surface area contributed by atoms with Gasteiger partial charge in [-0.25, -0.2) is 0 Å². The highest BCUT2D eigenvalue weighted by atomic mass is 16.3. The number of nitrogens with two attached hydrogens (primary N) is 1. The van der Waals surface area contributed by atoms with Gasteiger partial charge < -0.3 is 16.2 Å². The second kappa shape index (κ2) is 8.34. The number of aliphatic hydroxyl groups is 1. The summed E-state index contributed by atoms with van der Waals surface area (Å²) in [5.74, 6) is 0.912. The molecular formula is C19H25N3O. The Balaban J connectivity index is 1.88. The van der Waals surface area contributed by atoms with Gasteiger partial charge in [0, 0.05) is 12.2 Å². The molecule has 0 aromatic heterocycles. The summed E-state index contributed by atoms with van der Waals surface area (Å²) in [6.07, 6.45) is 0.820. The van der Waals surface area contributed by atoms with Crippen LogP contribution in [0.2, 0.25) is 0 Å². The maximum atomic E-state index is 9.02. The normalized spacial score (nSPS) is 11.7. The third-order valence-electron chi connectivity index (χ3n) is 3.71. The first-order valence-corrected chi connectivity index (χ1v) is 7.94. The van der Waals surface area contributed by atoms with Crippen LogP contribution in [0.5, 0.6) is 0 Å². The molecule has 2 aromatic rings. The largest absolute Gasteiger partial charge is 0.392 e. The molecule has 0 fully saturated rings. The topological polar surface area (TPSA) is 70.6 Å². The number of nitrogens with one attached hydrogen (secondary N) is 1. The van der Waals surface area contributed by atoms with Crippen molar-refractivity contribution in [1.29, 1.82) is 0 Å². The lowest BCUT2D eigenvalue weighted by atomic mass is 10.0. The molecule has 0 unspecified atom stereocenters. The Hall–Kier alpha value is -2.33. The van der Waals surface area contributed by atoms with Crippen LogP contribution in [0.1, 0.15) is 36.5 Å². The van der Waals surface area contributed by atoms with E-state index in [1.54, 1.807) is 0 Å². The maximum Gasteiger partial charge on any atom is 0.193 e. The summed E-state index contributed by atoms with van der Waals surface area (Å²) < 4.78 is 0. The van der Waals surface area contributed by atoms with Crippen LogP contribution in [0.25, 0.3) is 0 Å². The molecule has 0 saturated heterocycles. The molecule has 0 aliphatic rings. The van der Waals surface area contributed by atoms with Crippen LogP contribution in [0, 0.1) is 0 Å². The third-order valence-corrected chi connectivity index (χ3v) is 3.71. The summed E-state index contributed by atoms with van der Waals surface area (Å²) in [4.78, 5) is 4.37. The fraction of sp³-hybridized carbons (Fsp3) is 0.316. The number of guanidine groups is 1. The molecule has 0 radical (unpaired) electrons. The molecule has 2 rings (SSSR count). The molecule has 0 aliphatic carbocycles. The SMILES string of the molecule is CC(C)c1cccc(NC(N)=NCCc2ccc(CO)cc2)c1. The number of nitrogens with zero attached hydrogens (tertiary/aromatic N) is 1. The van der Waals surface area contributed by atoms with Crippen molar-refractivity contribution >= 4 is 11.6 Å². The molecule has 0 bridgehead atoms. The highest BCUT2D eigenvalue weighted by Gasteiger charge is 2.01. The quantitative estimate of drug-likeness (QED) is 0.566. The van der Waals surface area contributed by atoms with Gasteiger partial charge in [-0.15, -0.1) is 0 Å². The Bertz CT molecular complexity index is 648. The van der Waals surface area contributed by atoms with Crippen molar-refractivity contribution in [3.05, 3.63) is 65.2 Å². The molecule has 0 amide bonds. The number of hydrogen-bond acceptors (Lipinski definition) is 2. The molecule has 122 valence electrons. The first-order chi connectivity index (χ1) is 11.1. The van der Waals surface area contributed by atoms with Crippen LogP contribution in [0.3, 0.4) is 0 Å². The summed E-state index contributed by atoms with van der Waals surface area (Å²) in [7, 11) is 0. The zero-order chi connectivity index (χ0) is 16.7. The lowest BCUT2D eigenvalue weighted by Gasteiger charge is -2.10. The van der Waals surface area contributed by atoms with Gasteiger partial charge >= 0.3 is 0 Å². The van der Waals surface area contributed by atoms with Crippen molar-refractivity contribution < 1.29 is 5.11 Å². The van der Waals surface area contributed by atoms with Crippen molar-refractivity contribution in [1.82, 2.24) is 0 Å². The summed E-state index contributed by atoms with van der Waals surface area (Å²) in [5.41, 5.74) is 10.3. The fourth-order valence-electron chi connectivity index (χ4n) is 2.28.